The molecule has 0 radical (unpaired) electrons. The summed E-state index contributed by atoms with van der Waals surface area (Å²) in [4.78, 5) is 21.7. The number of hydrogen-bond acceptors (Lipinski definition) is 4. The molecule has 0 aromatic heterocycles. The molecule has 0 saturated carbocycles. The zero-order chi connectivity index (χ0) is 11.1. The molecule has 0 unspecified atom stereocenters. The number of aliphatic hydroxyl groups excluding tert-OH is 1. The average Bonchev–Trinajstić information content (AvgIpc) is 2.29. The van der Waals surface area contributed by atoms with E-state index in [1.165, 1.54) is 12.1 Å². The Morgan fingerprint density at radius 2 is 2.00 bits per heavy atom. The van der Waals surface area contributed by atoms with Gasteiger partial charge in [0.2, 0.25) is 0 Å². The van der Waals surface area contributed by atoms with Gasteiger partial charge < -0.3 is 9.84 Å². The maximum Gasteiger partial charge on any atom is 0.338 e. The summed E-state index contributed by atoms with van der Waals surface area (Å²) in [6.45, 7) is 0.197. The SMILES string of the molecule is O=Cc1ccc(C(=O)OCCCO)cc1. The summed E-state index contributed by atoms with van der Waals surface area (Å²) in [5.74, 6) is -0.444. The smallest absolute Gasteiger partial charge is 0.338 e. The zero-order valence-electron chi connectivity index (χ0n) is 8.18. The first-order chi connectivity index (χ1) is 7.27. The molecule has 1 N–H and O–H groups in total. The molecular weight excluding hydrogens is 196 g/mol. The quantitative estimate of drug-likeness (QED) is 0.446. The number of benzene rings is 1. The van der Waals surface area contributed by atoms with Gasteiger partial charge in [-0.1, -0.05) is 12.1 Å². The van der Waals surface area contributed by atoms with E-state index in [2.05, 4.69) is 0 Å². The minimum Gasteiger partial charge on any atom is -0.462 e. The van der Waals surface area contributed by atoms with Gasteiger partial charge in [0.15, 0.2) is 0 Å². The van der Waals surface area contributed by atoms with Gasteiger partial charge in [-0.3, -0.25) is 4.79 Å². The van der Waals surface area contributed by atoms with E-state index < -0.39 is 5.97 Å². The Bertz CT molecular complexity index is 329. The number of rotatable bonds is 5. The van der Waals surface area contributed by atoms with Gasteiger partial charge in [0.25, 0.3) is 0 Å². The summed E-state index contributed by atoms with van der Waals surface area (Å²) < 4.78 is 4.85. The minimum absolute atomic E-state index is 0.00262. The van der Waals surface area contributed by atoms with Crippen LogP contribution in [0, 0.1) is 0 Å². The molecule has 15 heavy (non-hydrogen) atoms. The number of ether oxygens (including phenoxy) is 1. The van der Waals surface area contributed by atoms with Crippen LogP contribution in [-0.4, -0.2) is 30.6 Å². The second-order valence-corrected chi connectivity index (χ2v) is 2.95. The van der Waals surface area contributed by atoms with Crippen molar-refractivity contribution >= 4 is 12.3 Å². The molecule has 0 atom stereocenters. The van der Waals surface area contributed by atoms with Crippen molar-refractivity contribution in [3.8, 4) is 0 Å². The Morgan fingerprint density at radius 1 is 1.33 bits per heavy atom. The zero-order valence-corrected chi connectivity index (χ0v) is 8.18. The third-order valence-corrected chi connectivity index (χ3v) is 1.82. The van der Waals surface area contributed by atoms with Crippen LogP contribution in [0.1, 0.15) is 27.1 Å². The molecule has 1 aromatic rings. The topological polar surface area (TPSA) is 63.6 Å². The minimum atomic E-state index is -0.444. The molecule has 4 heteroatoms. The molecule has 0 spiro atoms. The Balaban J connectivity index is 2.54. The average molecular weight is 208 g/mol. The van der Waals surface area contributed by atoms with Crippen LogP contribution < -0.4 is 0 Å². The lowest BCUT2D eigenvalue weighted by atomic mass is 10.1. The first-order valence-corrected chi connectivity index (χ1v) is 4.61. The summed E-state index contributed by atoms with van der Waals surface area (Å²) in [6, 6.07) is 6.17. The summed E-state index contributed by atoms with van der Waals surface area (Å²) in [7, 11) is 0. The van der Waals surface area contributed by atoms with Gasteiger partial charge in [-0.2, -0.15) is 0 Å². The number of aldehydes is 1. The van der Waals surface area contributed by atoms with Crippen molar-refractivity contribution in [2.24, 2.45) is 0 Å². The Kier molecular flexibility index (Phi) is 4.50. The van der Waals surface area contributed by atoms with E-state index >= 15 is 0 Å². The summed E-state index contributed by atoms with van der Waals surface area (Å²) in [6.07, 6.45) is 1.14. The molecular formula is C11H12O4. The first-order valence-electron chi connectivity index (χ1n) is 4.61. The van der Waals surface area contributed by atoms with E-state index in [4.69, 9.17) is 9.84 Å². The van der Waals surface area contributed by atoms with Crippen molar-refractivity contribution in [2.75, 3.05) is 13.2 Å². The van der Waals surface area contributed by atoms with Gasteiger partial charge in [0.05, 0.1) is 12.2 Å². The van der Waals surface area contributed by atoms with Crippen molar-refractivity contribution < 1.29 is 19.4 Å². The highest BCUT2D eigenvalue weighted by atomic mass is 16.5. The molecule has 1 aromatic carbocycles. The maximum absolute atomic E-state index is 11.3. The van der Waals surface area contributed by atoms with Crippen LogP contribution >= 0.6 is 0 Å². The normalized spacial score (nSPS) is 9.67. The number of carbonyl (C=O) groups is 2. The molecule has 0 aliphatic carbocycles. The number of aliphatic hydroxyl groups is 1. The lowest BCUT2D eigenvalue weighted by Gasteiger charge is -2.03. The van der Waals surface area contributed by atoms with Crippen LogP contribution in [0.5, 0.6) is 0 Å². The maximum atomic E-state index is 11.3. The molecule has 0 amide bonds. The monoisotopic (exact) mass is 208 g/mol. The molecule has 80 valence electrons. The Labute approximate surface area is 87.5 Å². The standard InChI is InChI=1S/C11H12O4/c12-6-1-7-15-11(14)10-4-2-9(8-13)3-5-10/h2-5,8,12H,1,6-7H2. The van der Waals surface area contributed by atoms with Crippen molar-refractivity contribution in [3.05, 3.63) is 35.4 Å². The second kappa shape index (κ2) is 5.93. The molecule has 0 aliphatic rings. The highest BCUT2D eigenvalue weighted by Gasteiger charge is 2.05. The molecule has 0 heterocycles. The van der Waals surface area contributed by atoms with Gasteiger partial charge in [-0.25, -0.2) is 4.79 Å². The number of hydrogen-bond donors (Lipinski definition) is 1. The Hall–Kier alpha value is -1.68. The van der Waals surface area contributed by atoms with Crippen molar-refractivity contribution in [1.29, 1.82) is 0 Å². The predicted octanol–water partition coefficient (Wildman–Crippen LogP) is 1.04. The second-order valence-electron chi connectivity index (χ2n) is 2.95. The summed E-state index contributed by atoms with van der Waals surface area (Å²) >= 11 is 0. The molecule has 1 rings (SSSR count). The van der Waals surface area contributed by atoms with E-state index in [0.29, 0.717) is 23.8 Å². The summed E-state index contributed by atoms with van der Waals surface area (Å²) in [5.41, 5.74) is 0.917. The molecule has 0 fully saturated rings. The number of carbonyl (C=O) groups excluding carboxylic acids is 2. The van der Waals surface area contributed by atoms with Crippen molar-refractivity contribution in [1.82, 2.24) is 0 Å². The van der Waals surface area contributed by atoms with E-state index in [9.17, 15) is 9.59 Å². The van der Waals surface area contributed by atoms with E-state index in [0.717, 1.165) is 0 Å². The lowest BCUT2D eigenvalue weighted by molar-refractivity contribution is 0.0482. The van der Waals surface area contributed by atoms with E-state index in [-0.39, 0.29) is 13.2 Å². The van der Waals surface area contributed by atoms with Crippen molar-refractivity contribution in [2.45, 2.75) is 6.42 Å². The summed E-state index contributed by atoms with van der Waals surface area (Å²) in [5, 5.41) is 8.49. The van der Waals surface area contributed by atoms with Gasteiger partial charge in [0.1, 0.15) is 6.29 Å². The van der Waals surface area contributed by atoms with Gasteiger partial charge in [-0.15, -0.1) is 0 Å². The Morgan fingerprint density at radius 3 is 2.53 bits per heavy atom. The fourth-order valence-electron chi connectivity index (χ4n) is 1.01. The van der Waals surface area contributed by atoms with Crippen LogP contribution in [0.25, 0.3) is 0 Å². The molecule has 0 saturated heterocycles. The highest BCUT2D eigenvalue weighted by molar-refractivity contribution is 5.90. The number of esters is 1. The van der Waals surface area contributed by atoms with Crippen LogP contribution in [0.3, 0.4) is 0 Å². The van der Waals surface area contributed by atoms with Gasteiger partial charge in [0, 0.05) is 18.6 Å². The van der Waals surface area contributed by atoms with E-state index in [1.54, 1.807) is 12.1 Å². The molecule has 0 bridgehead atoms. The molecule has 4 nitrogen and oxygen atoms in total. The third kappa shape index (κ3) is 3.52. The fraction of sp³-hybridized carbons (Fsp3) is 0.273. The first kappa shape index (κ1) is 11.4. The van der Waals surface area contributed by atoms with Crippen molar-refractivity contribution in [3.63, 3.8) is 0 Å². The highest BCUT2D eigenvalue weighted by Crippen LogP contribution is 2.04. The largest absolute Gasteiger partial charge is 0.462 e. The van der Waals surface area contributed by atoms with Gasteiger partial charge >= 0.3 is 5.97 Å². The molecule has 0 aliphatic heterocycles. The van der Waals surface area contributed by atoms with Crippen LogP contribution in [0.2, 0.25) is 0 Å². The van der Waals surface area contributed by atoms with Gasteiger partial charge in [-0.05, 0) is 12.1 Å². The van der Waals surface area contributed by atoms with Crippen LogP contribution in [-0.2, 0) is 4.74 Å². The lowest BCUT2D eigenvalue weighted by Crippen LogP contribution is -2.07. The third-order valence-electron chi connectivity index (χ3n) is 1.82. The van der Waals surface area contributed by atoms with Crippen LogP contribution in [0.4, 0.5) is 0 Å². The van der Waals surface area contributed by atoms with Crippen LogP contribution in [0.15, 0.2) is 24.3 Å². The predicted molar refractivity (Wildman–Crippen MR) is 53.8 cm³/mol. The van der Waals surface area contributed by atoms with E-state index in [1.807, 2.05) is 0 Å². The fourth-order valence-corrected chi connectivity index (χ4v) is 1.01.